The number of hydrogen-bond donors (Lipinski definition) is 0. The highest BCUT2D eigenvalue weighted by atomic mass is 16.2. The Bertz CT molecular complexity index is 851. The molecule has 2 aliphatic heterocycles. The number of hydrogen-bond acceptors (Lipinski definition) is 4. The van der Waals surface area contributed by atoms with Gasteiger partial charge >= 0.3 is 0 Å². The number of amides is 1. The van der Waals surface area contributed by atoms with Gasteiger partial charge in [-0.25, -0.2) is 9.97 Å². The van der Waals surface area contributed by atoms with Gasteiger partial charge in [0.1, 0.15) is 5.82 Å². The second kappa shape index (κ2) is 8.93. The summed E-state index contributed by atoms with van der Waals surface area (Å²) in [6, 6.07) is 10.7. The summed E-state index contributed by atoms with van der Waals surface area (Å²) >= 11 is 0. The van der Waals surface area contributed by atoms with Crippen molar-refractivity contribution in [3.05, 3.63) is 53.0 Å². The maximum absolute atomic E-state index is 12.5. The Kier molecular flexibility index (Phi) is 6.12. The first-order valence-electron chi connectivity index (χ1n) is 11.1. The number of carbonyl (C=O) groups excluding carboxylic acids is 1. The lowest BCUT2D eigenvalue weighted by Gasteiger charge is -2.36. The topological polar surface area (TPSA) is 49.3 Å². The lowest BCUT2D eigenvalue weighted by molar-refractivity contribution is -0.134. The fourth-order valence-electron chi connectivity index (χ4n) is 4.69. The van der Waals surface area contributed by atoms with Crippen molar-refractivity contribution in [3.8, 4) is 0 Å². The molecule has 0 saturated carbocycles. The predicted octanol–water partition coefficient (Wildman–Crippen LogP) is 4.24. The summed E-state index contributed by atoms with van der Waals surface area (Å²) in [5, 5.41) is 0. The van der Waals surface area contributed by atoms with Crippen LogP contribution in [-0.4, -0.2) is 40.4 Å². The largest absolute Gasteiger partial charge is 0.356 e. The Balaban J connectivity index is 1.61. The van der Waals surface area contributed by atoms with Gasteiger partial charge < -0.3 is 9.80 Å². The van der Waals surface area contributed by atoms with Crippen LogP contribution in [0.2, 0.25) is 0 Å². The van der Waals surface area contributed by atoms with Crippen molar-refractivity contribution < 1.29 is 4.79 Å². The fourth-order valence-corrected chi connectivity index (χ4v) is 4.69. The number of likely N-dealkylation sites (tertiary alicyclic amines) is 1. The molecule has 5 nitrogen and oxygen atoms in total. The minimum atomic E-state index is 0.0260. The molecule has 154 valence electrons. The Morgan fingerprint density at radius 2 is 1.93 bits per heavy atom. The van der Waals surface area contributed by atoms with Gasteiger partial charge in [0.05, 0.1) is 6.04 Å². The van der Waals surface area contributed by atoms with Gasteiger partial charge in [-0.05, 0) is 51.0 Å². The van der Waals surface area contributed by atoms with Gasteiger partial charge in [0.25, 0.3) is 0 Å². The van der Waals surface area contributed by atoms with Crippen LogP contribution in [0.4, 0.5) is 5.82 Å². The Hall–Kier alpha value is -2.43. The van der Waals surface area contributed by atoms with Gasteiger partial charge in [-0.1, -0.05) is 37.3 Å². The van der Waals surface area contributed by atoms with Crippen molar-refractivity contribution in [2.24, 2.45) is 0 Å². The number of fused-ring (bicyclic) bond motifs is 1. The number of rotatable bonds is 5. The fraction of sp³-hybridized carbons (Fsp3) is 0.542. The van der Waals surface area contributed by atoms with E-state index in [4.69, 9.17) is 9.97 Å². The van der Waals surface area contributed by atoms with Crippen LogP contribution in [0.1, 0.15) is 67.7 Å². The zero-order valence-electron chi connectivity index (χ0n) is 17.7. The highest BCUT2D eigenvalue weighted by Crippen LogP contribution is 2.34. The monoisotopic (exact) mass is 392 g/mol. The van der Waals surface area contributed by atoms with Gasteiger partial charge in [-0.15, -0.1) is 0 Å². The molecule has 0 unspecified atom stereocenters. The zero-order chi connectivity index (χ0) is 20.2. The summed E-state index contributed by atoms with van der Waals surface area (Å²) in [6.07, 6.45) is 6.94. The molecule has 3 heterocycles. The average molecular weight is 393 g/mol. The molecule has 0 radical (unpaired) electrons. The van der Waals surface area contributed by atoms with Crippen molar-refractivity contribution >= 4 is 11.7 Å². The lowest BCUT2D eigenvalue weighted by atomic mass is 9.99. The molecule has 2 aromatic rings. The highest BCUT2D eigenvalue weighted by molar-refractivity contribution is 5.76. The maximum Gasteiger partial charge on any atom is 0.222 e. The van der Waals surface area contributed by atoms with Crippen LogP contribution in [0.3, 0.4) is 0 Å². The molecule has 0 spiro atoms. The van der Waals surface area contributed by atoms with Gasteiger partial charge in [0.2, 0.25) is 5.91 Å². The molecule has 2 aliphatic rings. The van der Waals surface area contributed by atoms with Crippen molar-refractivity contribution in [1.82, 2.24) is 14.9 Å². The van der Waals surface area contributed by atoms with E-state index >= 15 is 0 Å². The van der Waals surface area contributed by atoms with Crippen molar-refractivity contribution in [1.29, 1.82) is 0 Å². The zero-order valence-corrected chi connectivity index (χ0v) is 17.7. The third kappa shape index (κ3) is 4.29. The molecule has 5 heteroatoms. The van der Waals surface area contributed by atoms with E-state index in [1.165, 1.54) is 11.1 Å². The third-order valence-corrected chi connectivity index (χ3v) is 6.30. The molecular formula is C24H32N4O. The Morgan fingerprint density at radius 3 is 2.72 bits per heavy atom. The summed E-state index contributed by atoms with van der Waals surface area (Å²) < 4.78 is 0. The number of anilines is 1. The molecule has 1 fully saturated rings. The van der Waals surface area contributed by atoms with E-state index in [-0.39, 0.29) is 11.9 Å². The van der Waals surface area contributed by atoms with Crippen LogP contribution in [0.25, 0.3) is 0 Å². The molecule has 1 aromatic carbocycles. The standard InChI is InChI=1S/C24H32N4O/c1-3-22(29)28-16-8-7-13-21(28)23-25-18(2)20-12-9-15-27(24(20)26-23)17-14-19-10-5-4-6-11-19/h4-6,10-11,21H,3,7-9,12-17H2,1-2H3/t21-/m0/s1. The van der Waals surface area contributed by atoms with E-state index in [9.17, 15) is 4.79 Å². The van der Waals surface area contributed by atoms with Crippen LogP contribution in [0.15, 0.2) is 30.3 Å². The molecule has 4 rings (SSSR count). The molecule has 0 N–H and O–H groups in total. The molecule has 29 heavy (non-hydrogen) atoms. The summed E-state index contributed by atoms with van der Waals surface area (Å²) in [7, 11) is 0. The normalized spacial score (nSPS) is 19.2. The maximum atomic E-state index is 12.5. The quantitative estimate of drug-likeness (QED) is 0.763. The lowest BCUT2D eigenvalue weighted by Crippen LogP contribution is -2.40. The second-order valence-electron chi connectivity index (χ2n) is 8.25. The molecule has 1 amide bonds. The predicted molar refractivity (Wildman–Crippen MR) is 116 cm³/mol. The number of aromatic nitrogens is 2. The number of carbonyl (C=O) groups is 1. The Morgan fingerprint density at radius 1 is 1.10 bits per heavy atom. The van der Waals surface area contributed by atoms with E-state index in [1.54, 1.807) is 0 Å². The molecule has 1 aromatic heterocycles. The van der Waals surface area contributed by atoms with Gasteiger partial charge in [0, 0.05) is 37.3 Å². The molecule has 1 saturated heterocycles. The van der Waals surface area contributed by atoms with Crippen molar-refractivity contribution in [2.45, 2.75) is 64.8 Å². The molecule has 0 aliphatic carbocycles. The van der Waals surface area contributed by atoms with Gasteiger partial charge in [-0.3, -0.25) is 4.79 Å². The summed E-state index contributed by atoms with van der Waals surface area (Å²) in [4.78, 5) is 26.9. The van der Waals surface area contributed by atoms with Crippen LogP contribution in [-0.2, 0) is 17.6 Å². The number of nitrogens with zero attached hydrogens (tertiary/aromatic N) is 4. The smallest absolute Gasteiger partial charge is 0.222 e. The third-order valence-electron chi connectivity index (χ3n) is 6.30. The summed E-state index contributed by atoms with van der Waals surface area (Å²) in [5.41, 5.74) is 3.73. The molecular weight excluding hydrogens is 360 g/mol. The van der Waals surface area contributed by atoms with Gasteiger partial charge in [-0.2, -0.15) is 0 Å². The average Bonchev–Trinajstić information content (AvgIpc) is 2.78. The van der Waals surface area contributed by atoms with Crippen molar-refractivity contribution in [2.75, 3.05) is 24.5 Å². The van der Waals surface area contributed by atoms with Crippen LogP contribution >= 0.6 is 0 Å². The number of benzene rings is 1. The van der Waals surface area contributed by atoms with Crippen LogP contribution < -0.4 is 4.90 Å². The number of aryl methyl sites for hydroxylation is 1. The van der Waals surface area contributed by atoms with E-state index in [2.05, 4.69) is 42.2 Å². The van der Waals surface area contributed by atoms with Crippen LogP contribution in [0.5, 0.6) is 0 Å². The van der Waals surface area contributed by atoms with E-state index in [0.717, 1.165) is 75.5 Å². The summed E-state index contributed by atoms with van der Waals surface area (Å²) in [6.45, 7) is 6.89. The van der Waals surface area contributed by atoms with E-state index < -0.39 is 0 Å². The van der Waals surface area contributed by atoms with Crippen molar-refractivity contribution in [3.63, 3.8) is 0 Å². The minimum Gasteiger partial charge on any atom is -0.356 e. The first-order chi connectivity index (χ1) is 14.2. The minimum absolute atomic E-state index is 0.0260. The van der Waals surface area contributed by atoms with E-state index in [1.807, 2.05) is 11.8 Å². The summed E-state index contributed by atoms with van der Waals surface area (Å²) in [5.74, 6) is 2.16. The highest BCUT2D eigenvalue weighted by Gasteiger charge is 2.31. The van der Waals surface area contributed by atoms with E-state index in [0.29, 0.717) is 6.42 Å². The first-order valence-corrected chi connectivity index (χ1v) is 11.1. The second-order valence-corrected chi connectivity index (χ2v) is 8.25. The molecule has 1 atom stereocenters. The Labute approximate surface area is 174 Å². The number of piperidine rings is 1. The van der Waals surface area contributed by atoms with Crippen LogP contribution in [0, 0.1) is 6.92 Å². The molecule has 0 bridgehead atoms. The SMILES string of the molecule is CCC(=O)N1CCCC[C@H]1c1nc(C)c2c(n1)N(CCc1ccccc1)CCC2. The van der Waals surface area contributed by atoms with Gasteiger partial charge in [0.15, 0.2) is 5.82 Å². The first kappa shape index (κ1) is 19.9.